The third-order valence-electron chi connectivity index (χ3n) is 9.92. The van der Waals surface area contributed by atoms with Crippen LogP contribution in [0.5, 0.6) is 0 Å². The van der Waals surface area contributed by atoms with Gasteiger partial charge in [0.25, 0.3) is 0 Å². The van der Waals surface area contributed by atoms with Gasteiger partial charge >= 0.3 is 0 Å². The number of hydrogen-bond donors (Lipinski definition) is 0. The molecule has 8 rings (SSSR count). The van der Waals surface area contributed by atoms with Gasteiger partial charge in [-0.05, 0) is 98.6 Å². The lowest BCUT2D eigenvalue weighted by Gasteiger charge is -2.29. The molecule has 0 aliphatic heterocycles. The van der Waals surface area contributed by atoms with Crippen LogP contribution in [-0.2, 0) is 10.8 Å². The molecule has 0 fully saturated rings. The lowest BCUT2D eigenvalue weighted by molar-refractivity contribution is 0.660. The van der Waals surface area contributed by atoms with Gasteiger partial charge < -0.3 is 4.90 Å². The zero-order chi connectivity index (χ0) is 30.8. The fourth-order valence-electron chi connectivity index (χ4n) is 7.48. The zero-order valence-electron chi connectivity index (χ0n) is 26.3. The van der Waals surface area contributed by atoms with Gasteiger partial charge in [0.1, 0.15) is 0 Å². The molecule has 2 heteroatoms. The standard InChI is InChI=1S/C43H36N2/c1-42(2)38-16-10-8-14-34(38)36-24-22-32(26-40(36)42)45(31-20-18-29(19-21-31)28-44-30-12-6-5-7-13-30)33-23-25-37-35-15-9-11-17-39(35)43(3,4)41(37)27-33/h5-28H,1-4H3. The summed E-state index contributed by atoms with van der Waals surface area (Å²) in [7, 11) is 0. The number of nitrogens with zero attached hydrogens (tertiary/aromatic N) is 2. The first-order chi connectivity index (χ1) is 21.8. The highest BCUT2D eigenvalue weighted by Crippen LogP contribution is 2.52. The Kier molecular flexibility index (Phi) is 6.18. The molecule has 0 aromatic heterocycles. The Balaban J connectivity index is 1.25. The van der Waals surface area contributed by atoms with Crippen molar-refractivity contribution in [3.63, 3.8) is 0 Å². The third-order valence-corrected chi connectivity index (χ3v) is 9.92. The van der Waals surface area contributed by atoms with Crippen LogP contribution in [0.2, 0.25) is 0 Å². The van der Waals surface area contributed by atoms with Crippen LogP contribution < -0.4 is 4.90 Å². The molecular weight excluding hydrogens is 544 g/mol. The Morgan fingerprint density at radius 1 is 0.444 bits per heavy atom. The minimum absolute atomic E-state index is 0.0765. The van der Waals surface area contributed by atoms with E-state index in [-0.39, 0.29) is 10.8 Å². The van der Waals surface area contributed by atoms with Gasteiger partial charge in [-0.15, -0.1) is 0 Å². The second kappa shape index (κ2) is 10.2. The maximum absolute atomic E-state index is 4.68. The highest BCUT2D eigenvalue weighted by Gasteiger charge is 2.37. The number of fused-ring (bicyclic) bond motifs is 6. The topological polar surface area (TPSA) is 15.6 Å². The lowest BCUT2D eigenvalue weighted by Crippen LogP contribution is -2.18. The molecule has 2 nitrogen and oxygen atoms in total. The van der Waals surface area contributed by atoms with E-state index in [1.807, 2.05) is 36.5 Å². The molecule has 0 radical (unpaired) electrons. The van der Waals surface area contributed by atoms with Crippen LogP contribution in [-0.4, -0.2) is 6.21 Å². The molecule has 45 heavy (non-hydrogen) atoms. The number of benzene rings is 6. The van der Waals surface area contributed by atoms with Crippen molar-refractivity contribution in [3.8, 4) is 22.3 Å². The van der Waals surface area contributed by atoms with Crippen LogP contribution in [0.1, 0.15) is 55.5 Å². The number of hydrogen-bond acceptors (Lipinski definition) is 2. The van der Waals surface area contributed by atoms with Crippen LogP contribution in [0, 0.1) is 0 Å². The normalized spacial score (nSPS) is 14.9. The van der Waals surface area contributed by atoms with Crippen molar-refractivity contribution >= 4 is 29.0 Å². The molecule has 6 aromatic carbocycles. The summed E-state index contributed by atoms with van der Waals surface area (Å²) in [6.45, 7) is 9.40. The maximum atomic E-state index is 4.68. The van der Waals surface area contributed by atoms with Gasteiger partial charge in [0.15, 0.2) is 0 Å². The molecule has 2 aliphatic carbocycles. The first-order valence-electron chi connectivity index (χ1n) is 15.8. The highest BCUT2D eigenvalue weighted by atomic mass is 15.1. The largest absolute Gasteiger partial charge is 0.310 e. The second-order valence-corrected chi connectivity index (χ2v) is 13.3. The molecule has 218 valence electrons. The summed E-state index contributed by atoms with van der Waals surface area (Å²) < 4.78 is 0. The van der Waals surface area contributed by atoms with Crippen molar-refractivity contribution in [2.75, 3.05) is 4.90 Å². The van der Waals surface area contributed by atoms with Crippen molar-refractivity contribution in [2.24, 2.45) is 4.99 Å². The Hall–Kier alpha value is -5.21. The van der Waals surface area contributed by atoms with E-state index in [1.54, 1.807) is 0 Å². The molecule has 0 spiro atoms. The quantitative estimate of drug-likeness (QED) is 0.185. The number of aliphatic imine (C=N–C) groups is 1. The second-order valence-electron chi connectivity index (χ2n) is 13.3. The van der Waals surface area contributed by atoms with Crippen LogP contribution in [0.25, 0.3) is 22.3 Å². The summed E-state index contributed by atoms with van der Waals surface area (Å²) in [5.41, 5.74) is 16.2. The molecule has 0 bridgehead atoms. The molecule has 2 aliphatic rings. The SMILES string of the molecule is CC1(C)c2ccccc2-c2ccc(N(c3ccc(C=Nc4ccccc4)cc3)c3ccc4c(c3)C(C)(C)c3ccccc3-4)cc21. The highest BCUT2D eigenvalue weighted by molar-refractivity contribution is 5.89. The Morgan fingerprint density at radius 3 is 1.42 bits per heavy atom. The summed E-state index contributed by atoms with van der Waals surface area (Å²) in [4.78, 5) is 7.09. The van der Waals surface area contributed by atoms with Crippen LogP contribution in [0.3, 0.4) is 0 Å². The summed E-state index contributed by atoms with van der Waals surface area (Å²) in [6.07, 6.45) is 1.94. The van der Waals surface area contributed by atoms with E-state index >= 15 is 0 Å². The molecular formula is C43H36N2. The summed E-state index contributed by atoms with van der Waals surface area (Å²) in [6, 6.07) is 50.6. The third kappa shape index (κ3) is 4.36. The van der Waals surface area contributed by atoms with Gasteiger partial charge in [0.05, 0.1) is 5.69 Å². The Bertz CT molecular complexity index is 1990. The molecule has 0 amide bonds. The van der Waals surface area contributed by atoms with E-state index in [9.17, 15) is 0 Å². The van der Waals surface area contributed by atoms with E-state index in [0.717, 1.165) is 28.3 Å². The van der Waals surface area contributed by atoms with E-state index in [4.69, 9.17) is 0 Å². The van der Waals surface area contributed by atoms with E-state index < -0.39 is 0 Å². The average Bonchev–Trinajstić information content (AvgIpc) is 3.44. The molecule has 0 atom stereocenters. The number of anilines is 3. The molecule has 0 saturated carbocycles. The van der Waals surface area contributed by atoms with Crippen LogP contribution in [0.15, 0.2) is 145 Å². The Morgan fingerprint density at radius 2 is 0.889 bits per heavy atom. The maximum Gasteiger partial charge on any atom is 0.0629 e. The molecule has 0 unspecified atom stereocenters. The predicted octanol–water partition coefficient (Wildman–Crippen LogP) is 11.5. The van der Waals surface area contributed by atoms with Gasteiger partial charge in [0, 0.05) is 34.1 Å². The van der Waals surface area contributed by atoms with Crippen molar-refractivity contribution in [3.05, 3.63) is 167 Å². The molecule has 0 heterocycles. The first kappa shape index (κ1) is 27.3. The van der Waals surface area contributed by atoms with Gasteiger partial charge in [-0.25, -0.2) is 0 Å². The van der Waals surface area contributed by atoms with Gasteiger partial charge in [0.2, 0.25) is 0 Å². The van der Waals surface area contributed by atoms with Crippen molar-refractivity contribution in [1.29, 1.82) is 0 Å². The van der Waals surface area contributed by atoms with Gasteiger partial charge in [-0.2, -0.15) is 0 Å². The molecule has 6 aromatic rings. The van der Waals surface area contributed by atoms with E-state index in [0.29, 0.717) is 0 Å². The lowest BCUT2D eigenvalue weighted by atomic mass is 9.82. The zero-order valence-corrected chi connectivity index (χ0v) is 26.3. The first-order valence-corrected chi connectivity index (χ1v) is 15.8. The smallest absolute Gasteiger partial charge is 0.0629 e. The Labute approximate surface area is 266 Å². The summed E-state index contributed by atoms with van der Waals surface area (Å²) >= 11 is 0. The fraction of sp³-hybridized carbons (Fsp3) is 0.140. The fourth-order valence-corrected chi connectivity index (χ4v) is 7.48. The van der Waals surface area contributed by atoms with Crippen molar-refractivity contribution in [1.82, 2.24) is 0 Å². The minimum Gasteiger partial charge on any atom is -0.310 e. The minimum atomic E-state index is -0.0765. The monoisotopic (exact) mass is 580 g/mol. The van der Waals surface area contributed by atoms with E-state index in [1.165, 1.54) is 44.5 Å². The van der Waals surface area contributed by atoms with Gasteiger partial charge in [-0.1, -0.05) is 119 Å². The van der Waals surface area contributed by atoms with Gasteiger partial charge in [-0.3, -0.25) is 4.99 Å². The van der Waals surface area contributed by atoms with Crippen LogP contribution >= 0.6 is 0 Å². The average molecular weight is 581 g/mol. The van der Waals surface area contributed by atoms with E-state index in [2.05, 4.69) is 147 Å². The summed E-state index contributed by atoms with van der Waals surface area (Å²) in [5.74, 6) is 0. The number of rotatable bonds is 5. The molecule has 0 saturated heterocycles. The number of para-hydroxylation sites is 1. The van der Waals surface area contributed by atoms with Crippen molar-refractivity contribution < 1.29 is 0 Å². The van der Waals surface area contributed by atoms with Crippen molar-refractivity contribution in [2.45, 2.75) is 38.5 Å². The molecule has 0 N–H and O–H groups in total. The summed E-state index contributed by atoms with van der Waals surface area (Å²) in [5, 5.41) is 0. The van der Waals surface area contributed by atoms with Crippen LogP contribution in [0.4, 0.5) is 22.7 Å². The predicted molar refractivity (Wildman–Crippen MR) is 190 cm³/mol.